The van der Waals surface area contributed by atoms with Crippen molar-refractivity contribution in [1.82, 2.24) is 19.7 Å². The van der Waals surface area contributed by atoms with Crippen molar-refractivity contribution in [3.63, 3.8) is 0 Å². The predicted octanol–water partition coefficient (Wildman–Crippen LogP) is 5.92. The topological polar surface area (TPSA) is 102 Å². The van der Waals surface area contributed by atoms with Crippen molar-refractivity contribution in [3.8, 4) is 23.2 Å². The summed E-state index contributed by atoms with van der Waals surface area (Å²) in [7, 11) is 0. The van der Waals surface area contributed by atoms with Gasteiger partial charge in [0.25, 0.3) is 0 Å². The Hall–Kier alpha value is -3.44. The molecule has 0 saturated carbocycles. The summed E-state index contributed by atoms with van der Waals surface area (Å²) in [5.41, 5.74) is -0.842. The number of hydrogen-bond donors (Lipinski definition) is 2. The largest absolute Gasteiger partial charge is 0.511 e. The lowest BCUT2D eigenvalue weighted by atomic mass is 10.1. The lowest BCUT2D eigenvalue weighted by Crippen LogP contribution is -2.07. The van der Waals surface area contributed by atoms with Crippen LogP contribution < -0.4 is 9.47 Å². The number of rotatable bonds is 4. The van der Waals surface area contributed by atoms with Gasteiger partial charge in [0, 0.05) is 12.1 Å². The highest BCUT2D eigenvalue weighted by atomic mass is 35.5. The molecule has 2 N–H and O–H groups in total. The Morgan fingerprint density at radius 2 is 1.90 bits per heavy atom. The minimum atomic E-state index is -4.72. The Labute approximate surface area is 180 Å². The van der Waals surface area contributed by atoms with Gasteiger partial charge in [-0.1, -0.05) is 23.2 Å². The number of imidazole rings is 1. The van der Waals surface area contributed by atoms with Gasteiger partial charge in [-0.3, -0.25) is 0 Å². The van der Waals surface area contributed by atoms with Crippen LogP contribution in [0, 0.1) is 0 Å². The molecule has 0 bridgehead atoms. The molecular weight excluding hydrogens is 464 g/mol. The summed E-state index contributed by atoms with van der Waals surface area (Å²) in [6.07, 6.45) is -3.95. The van der Waals surface area contributed by atoms with Crippen LogP contribution in [0.5, 0.6) is 17.2 Å². The summed E-state index contributed by atoms with van der Waals surface area (Å²) < 4.78 is 51.9. The maximum atomic E-state index is 13.6. The molecule has 160 valence electrons. The monoisotopic (exact) mass is 472 g/mol. The second-order valence-corrected chi connectivity index (χ2v) is 6.90. The van der Waals surface area contributed by atoms with E-state index in [-0.39, 0.29) is 38.5 Å². The van der Waals surface area contributed by atoms with Gasteiger partial charge in [0.1, 0.15) is 17.1 Å². The van der Waals surface area contributed by atoms with Gasteiger partial charge in [0.15, 0.2) is 5.75 Å². The SMILES string of the molecule is O=C(O)Oc1cnn(-c2nc3cc(Oc4ccc(Cl)c(Cl)c4)c(C(F)(F)F)cc3[nH]2)c1. The molecule has 0 saturated heterocycles. The smallest absolute Gasteiger partial charge is 0.457 e. The van der Waals surface area contributed by atoms with Gasteiger partial charge in [-0.2, -0.15) is 18.3 Å². The van der Waals surface area contributed by atoms with E-state index in [2.05, 4.69) is 19.8 Å². The van der Waals surface area contributed by atoms with Crippen molar-refractivity contribution in [2.24, 2.45) is 0 Å². The minimum Gasteiger partial charge on any atom is -0.457 e. The number of fused-ring (bicyclic) bond motifs is 1. The number of aromatic amines is 1. The molecule has 4 rings (SSSR count). The van der Waals surface area contributed by atoms with E-state index in [0.717, 1.165) is 23.0 Å². The van der Waals surface area contributed by atoms with Gasteiger partial charge < -0.3 is 19.6 Å². The number of benzene rings is 2. The van der Waals surface area contributed by atoms with Crippen molar-refractivity contribution in [1.29, 1.82) is 0 Å². The van der Waals surface area contributed by atoms with Crippen molar-refractivity contribution in [3.05, 3.63) is 58.3 Å². The maximum Gasteiger partial charge on any atom is 0.511 e. The fourth-order valence-corrected chi connectivity index (χ4v) is 2.97. The van der Waals surface area contributed by atoms with E-state index < -0.39 is 23.6 Å². The van der Waals surface area contributed by atoms with E-state index in [1.165, 1.54) is 24.4 Å². The van der Waals surface area contributed by atoms with Crippen LogP contribution in [0.3, 0.4) is 0 Å². The molecule has 8 nitrogen and oxygen atoms in total. The summed E-state index contributed by atoms with van der Waals surface area (Å²) in [4.78, 5) is 17.5. The normalized spacial score (nSPS) is 11.6. The Bertz CT molecular complexity index is 1300. The quantitative estimate of drug-likeness (QED) is 0.357. The second-order valence-electron chi connectivity index (χ2n) is 6.09. The van der Waals surface area contributed by atoms with Crippen LogP contribution in [0.25, 0.3) is 17.0 Å². The number of halogens is 5. The molecule has 0 aliphatic carbocycles. The number of carbonyl (C=O) groups is 1. The van der Waals surface area contributed by atoms with E-state index in [9.17, 15) is 18.0 Å². The molecule has 0 unspecified atom stereocenters. The van der Waals surface area contributed by atoms with E-state index in [1.807, 2.05) is 0 Å². The van der Waals surface area contributed by atoms with Gasteiger partial charge in [-0.05, 0) is 18.2 Å². The number of alkyl halides is 3. The summed E-state index contributed by atoms with van der Waals surface area (Å²) in [5.74, 6) is -0.494. The van der Waals surface area contributed by atoms with Crippen LogP contribution in [0.15, 0.2) is 42.7 Å². The van der Waals surface area contributed by atoms with E-state index in [4.69, 9.17) is 33.0 Å². The standard InChI is InChI=1S/C18H9Cl2F3N4O4/c19-11-2-1-8(3-12(11)20)30-15-5-14-13(4-10(15)18(21,22)23)25-16(26-14)27-7-9(6-24-27)31-17(28)29/h1-7H,(H,25,26)(H,28,29). The molecule has 0 fully saturated rings. The Morgan fingerprint density at radius 1 is 1.13 bits per heavy atom. The fourth-order valence-electron chi connectivity index (χ4n) is 2.68. The van der Waals surface area contributed by atoms with E-state index in [0.29, 0.717) is 0 Å². The molecular formula is C18H9Cl2F3N4O4. The van der Waals surface area contributed by atoms with Gasteiger partial charge in [0.2, 0.25) is 5.95 Å². The van der Waals surface area contributed by atoms with Crippen LogP contribution in [-0.4, -0.2) is 31.0 Å². The molecule has 0 atom stereocenters. The molecule has 0 aliphatic rings. The first-order valence-corrected chi connectivity index (χ1v) is 9.05. The molecule has 13 heteroatoms. The molecule has 2 aromatic carbocycles. The fraction of sp³-hybridized carbons (Fsp3) is 0.0556. The van der Waals surface area contributed by atoms with Crippen molar-refractivity contribution >= 4 is 40.4 Å². The molecule has 0 radical (unpaired) electrons. The number of aromatic nitrogens is 4. The van der Waals surface area contributed by atoms with Crippen LogP contribution in [0.2, 0.25) is 10.0 Å². The highest BCUT2D eigenvalue weighted by molar-refractivity contribution is 6.42. The van der Waals surface area contributed by atoms with Gasteiger partial charge in [0.05, 0.1) is 33.5 Å². The third-order valence-electron chi connectivity index (χ3n) is 3.98. The maximum absolute atomic E-state index is 13.6. The Morgan fingerprint density at radius 3 is 2.58 bits per heavy atom. The molecule has 2 aromatic heterocycles. The van der Waals surface area contributed by atoms with Gasteiger partial charge in [-0.25, -0.2) is 14.5 Å². The summed E-state index contributed by atoms with van der Waals surface area (Å²) in [6, 6.07) is 6.02. The molecule has 4 aromatic rings. The van der Waals surface area contributed by atoms with Crippen LogP contribution in [-0.2, 0) is 6.18 Å². The Kier molecular flexibility index (Phi) is 5.15. The van der Waals surface area contributed by atoms with Crippen molar-refractivity contribution in [2.75, 3.05) is 0 Å². The average molecular weight is 473 g/mol. The zero-order valence-corrected chi connectivity index (χ0v) is 16.5. The highest BCUT2D eigenvalue weighted by Crippen LogP contribution is 2.41. The van der Waals surface area contributed by atoms with E-state index in [1.54, 1.807) is 0 Å². The number of hydrogen-bond acceptors (Lipinski definition) is 5. The second kappa shape index (κ2) is 7.67. The summed E-state index contributed by atoms with van der Waals surface area (Å²) in [6.45, 7) is 0. The number of carboxylic acid groups (broad SMARTS) is 1. The third kappa shape index (κ3) is 4.37. The van der Waals surface area contributed by atoms with Gasteiger partial charge >= 0.3 is 12.3 Å². The molecule has 0 spiro atoms. The van der Waals surface area contributed by atoms with Crippen LogP contribution >= 0.6 is 23.2 Å². The first kappa shape index (κ1) is 20.8. The molecule has 0 amide bonds. The molecule has 2 heterocycles. The van der Waals surface area contributed by atoms with Crippen molar-refractivity contribution in [2.45, 2.75) is 6.18 Å². The number of nitrogens with one attached hydrogen (secondary N) is 1. The third-order valence-corrected chi connectivity index (χ3v) is 4.72. The summed E-state index contributed by atoms with van der Waals surface area (Å²) >= 11 is 11.7. The predicted molar refractivity (Wildman–Crippen MR) is 103 cm³/mol. The first-order valence-electron chi connectivity index (χ1n) is 8.30. The average Bonchev–Trinajstić information content (AvgIpc) is 3.29. The van der Waals surface area contributed by atoms with Crippen LogP contribution in [0.1, 0.15) is 5.56 Å². The van der Waals surface area contributed by atoms with Crippen molar-refractivity contribution < 1.29 is 32.5 Å². The molecule has 0 aliphatic heterocycles. The highest BCUT2D eigenvalue weighted by Gasteiger charge is 2.35. The van der Waals surface area contributed by atoms with E-state index >= 15 is 0 Å². The first-order chi connectivity index (χ1) is 14.6. The lowest BCUT2D eigenvalue weighted by molar-refractivity contribution is -0.138. The van der Waals surface area contributed by atoms with Gasteiger partial charge in [-0.15, -0.1) is 0 Å². The Balaban J connectivity index is 1.76. The number of nitrogens with zero attached hydrogens (tertiary/aromatic N) is 3. The number of ether oxygens (including phenoxy) is 2. The minimum absolute atomic E-state index is 0.0371. The zero-order valence-electron chi connectivity index (χ0n) is 14.9. The molecule has 31 heavy (non-hydrogen) atoms. The lowest BCUT2D eigenvalue weighted by Gasteiger charge is -2.14. The number of H-pyrrole nitrogens is 1. The van der Waals surface area contributed by atoms with Crippen LogP contribution in [0.4, 0.5) is 18.0 Å². The zero-order chi connectivity index (χ0) is 22.3. The summed E-state index contributed by atoms with van der Waals surface area (Å²) in [5, 5.41) is 12.8.